The number of benzene rings is 1. The Morgan fingerprint density at radius 3 is 2.74 bits per heavy atom. The monoisotopic (exact) mass is 414 g/mol. The van der Waals surface area contributed by atoms with E-state index in [1.54, 1.807) is 6.20 Å². The van der Waals surface area contributed by atoms with Crippen molar-refractivity contribution < 1.29 is 4.74 Å². The Hall–Kier alpha value is -3.45. The number of aromatic nitrogens is 4. The van der Waals surface area contributed by atoms with Crippen LogP contribution in [0.4, 0.5) is 11.5 Å². The molecule has 0 aliphatic carbocycles. The van der Waals surface area contributed by atoms with Gasteiger partial charge in [0.15, 0.2) is 0 Å². The Bertz CT molecular complexity index is 1200. The number of rotatable bonds is 4. The van der Waals surface area contributed by atoms with Crippen molar-refractivity contribution in [3.63, 3.8) is 0 Å². The number of hydrogen-bond donors (Lipinski definition) is 1. The van der Waals surface area contributed by atoms with Gasteiger partial charge in [0.05, 0.1) is 24.9 Å². The Labute approximate surface area is 181 Å². The number of fused-ring (bicyclic) bond motifs is 1. The van der Waals surface area contributed by atoms with Gasteiger partial charge in [-0.3, -0.25) is 10.1 Å². The Balaban J connectivity index is 1.81. The van der Waals surface area contributed by atoms with Gasteiger partial charge in [-0.2, -0.15) is 5.10 Å². The van der Waals surface area contributed by atoms with Gasteiger partial charge >= 0.3 is 0 Å². The van der Waals surface area contributed by atoms with Crippen LogP contribution in [0, 0.1) is 0 Å². The van der Waals surface area contributed by atoms with Crippen LogP contribution in [0.15, 0.2) is 54.9 Å². The molecule has 1 aromatic carbocycles. The summed E-state index contributed by atoms with van der Waals surface area (Å²) in [5.74, 6) is 0.945. The second-order valence-corrected chi connectivity index (χ2v) is 8.08. The molecule has 7 nitrogen and oxygen atoms in total. The molecule has 5 rings (SSSR count). The number of hydrogen-bond acceptors (Lipinski definition) is 6. The van der Waals surface area contributed by atoms with E-state index in [1.165, 1.54) is 5.56 Å². The zero-order valence-electron chi connectivity index (χ0n) is 18.0. The number of nitrogens with zero attached hydrogens (tertiary/aromatic N) is 5. The third kappa shape index (κ3) is 3.51. The molecule has 1 N–H and O–H groups in total. The first-order chi connectivity index (χ1) is 15.1. The predicted molar refractivity (Wildman–Crippen MR) is 125 cm³/mol. The van der Waals surface area contributed by atoms with E-state index < -0.39 is 0 Å². The second-order valence-electron chi connectivity index (χ2n) is 8.08. The standard InChI is InChI=1S/C24H26N6O/c1-16-15-31-13-12-30(16)22-14-19(17-6-4-5-7-21(17)29(2)3)18-8-10-25-24(23(18)27-22)20-9-11-26-28-20/h4-11,14,16H,12-13,15H2,1-3H3,(H,26,28)/t16-/m1/s1. The lowest BCUT2D eigenvalue weighted by Crippen LogP contribution is -2.44. The molecule has 1 atom stereocenters. The van der Waals surface area contributed by atoms with E-state index in [0.717, 1.165) is 45.9 Å². The van der Waals surface area contributed by atoms with Gasteiger partial charge in [0.1, 0.15) is 17.0 Å². The van der Waals surface area contributed by atoms with E-state index in [0.29, 0.717) is 13.2 Å². The lowest BCUT2D eigenvalue weighted by Gasteiger charge is -2.35. The third-order valence-electron chi connectivity index (χ3n) is 5.81. The van der Waals surface area contributed by atoms with Crippen molar-refractivity contribution >= 4 is 22.4 Å². The van der Waals surface area contributed by atoms with Gasteiger partial charge in [0.2, 0.25) is 0 Å². The molecule has 0 spiro atoms. The topological polar surface area (TPSA) is 70.2 Å². The summed E-state index contributed by atoms with van der Waals surface area (Å²) >= 11 is 0. The van der Waals surface area contributed by atoms with E-state index in [2.05, 4.69) is 82.4 Å². The van der Waals surface area contributed by atoms with Gasteiger partial charge in [-0.1, -0.05) is 18.2 Å². The number of anilines is 2. The van der Waals surface area contributed by atoms with Crippen molar-refractivity contribution in [1.82, 2.24) is 20.2 Å². The Kier molecular flexibility index (Phi) is 5.03. The second kappa shape index (κ2) is 8.00. The Morgan fingerprint density at radius 1 is 1.10 bits per heavy atom. The maximum Gasteiger partial charge on any atom is 0.130 e. The lowest BCUT2D eigenvalue weighted by atomic mass is 9.98. The van der Waals surface area contributed by atoms with Crippen molar-refractivity contribution in [1.29, 1.82) is 0 Å². The summed E-state index contributed by atoms with van der Waals surface area (Å²) in [5.41, 5.74) is 6.01. The van der Waals surface area contributed by atoms with E-state index in [9.17, 15) is 0 Å². The van der Waals surface area contributed by atoms with Gasteiger partial charge in [-0.15, -0.1) is 0 Å². The average Bonchev–Trinajstić information content (AvgIpc) is 3.33. The van der Waals surface area contributed by atoms with Gasteiger partial charge in [0.25, 0.3) is 0 Å². The fourth-order valence-electron chi connectivity index (χ4n) is 4.25. The smallest absolute Gasteiger partial charge is 0.130 e. The number of nitrogens with one attached hydrogen (secondary N) is 1. The first-order valence-electron chi connectivity index (χ1n) is 10.5. The van der Waals surface area contributed by atoms with Crippen molar-refractivity contribution in [3.8, 4) is 22.5 Å². The van der Waals surface area contributed by atoms with Crippen LogP contribution in [-0.4, -0.2) is 60.1 Å². The van der Waals surface area contributed by atoms with Crippen LogP contribution >= 0.6 is 0 Å². The molecule has 0 radical (unpaired) electrons. The molecule has 7 heteroatoms. The molecule has 0 unspecified atom stereocenters. The molecule has 31 heavy (non-hydrogen) atoms. The number of para-hydroxylation sites is 1. The van der Waals surface area contributed by atoms with Crippen molar-refractivity contribution in [3.05, 3.63) is 54.9 Å². The minimum Gasteiger partial charge on any atom is -0.377 e. The van der Waals surface area contributed by atoms with E-state index in [1.807, 2.05) is 12.3 Å². The SMILES string of the molecule is C[C@@H]1COCCN1c1cc(-c2ccccc2N(C)C)c2ccnc(-c3ccn[nH]3)c2n1. The first kappa shape index (κ1) is 19.5. The summed E-state index contributed by atoms with van der Waals surface area (Å²) < 4.78 is 5.67. The highest BCUT2D eigenvalue weighted by atomic mass is 16.5. The zero-order valence-corrected chi connectivity index (χ0v) is 18.0. The fourth-order valence-corrected chi connectivity index (χ4v) is 4.25. The van der Waals surface area contributed by atoms with Crippen LogP contribution < -0.4 is 9.80 Å². The van der Waals surface area contributed by atoms with Crippen LogP contribution in [0.1, 0.15) is 6.92 Å². The fraction of sp³-hybridized carbons (Fsp3) is 0.292. The summed E-state index contributed by atoms with van der Waals surface area (Å²) in [6.45, 7) is 4.39. The molecular formula is C24H26N6O. The maximum absolute atomic E-state index is 5.67. The summed E-state index contributed by atoms with van der Waals surface area (Å²) in [6.07, 6.45) is 3.59. The van der Waals surface area contributed by atoms with Crippen LogP contribution in [0.3, 0.4) is 0 Å². The third-order valence-corrected chi connectivity index (χ3v) is 5.81. The minimum absolute atomic E-state index is 0.253. The molecule has 4 aromatic rings. The molecule has 158 valence electrons. The molecule has 1 fully saturated rings. The number of H-pyrrole nitrogens is 1. The predicted octanol–water partition coefficient (Wildman–Crippen LogP) is 3.98. The Morgan fingerprint density at radius 2 is 1.97 bits per heavy atom. The maximum atomic E-state index is 5.67. The molecule has 1 saturated heterocycles. The quantitative estimate of drug-likeness (QED) is 0.545. The van der Waals surface area contributed by atoms with Crippen molar-refractivity contribution in [2.75, 3.05) is 43.7 Å². The average molecular weight is 415 g/mol. The van der Waals surface area contributed by atoms with E-state index >= 15 is 0 Å². The van der Waals surface area contributed by atoms with Gasteiger partial charge in [-0.25, -0.2) is 4.98 Å². The summed E-state index contributed by atoms with van der Waals surface area (Å²) in [5, 5.41) is 8.24. The number of ether oxygens (including phenoxy) is 1. The molecule has 0 bridgehead atoms. The lowest BCUT2D eigenvalue weighted by molar-refractivity contribution is 0.0986. The van der Waals surface area contributed by atoms with Gasteiger partial charge < -0.3 is 14.5 Å². The first-order valence-corrected chi connectivity index (χ1v) is 10.5. The van der Waals surface area contributed by atoms with Crippen LogP contribution in [-0.2, 0) is 4.74 Å². The molecule has 1 aliphatic heterocycles. The molecule has 3 aromatic heterocycles. The van der Waals surface area contributed by atoms with E-state index in [4.69, 9.17) is 9.72 Å². The van der Waals surface area contributed by atoms with Crippen LogP contribution in [0.25, 0.3) is 33.4 Å². The van der Waals surface area contributed by atoms with Crippen molar-refractivity contribution in [2.24, 2.45) is 0 Å². The number of pyridine rings is 2. The molecule has 0 saturated carbocycles. The highest BCUT2D eigenvalue weighted by Crippen LogP contribution is 2.39. The van der Waals surface area contributed by atoms with Gasteiger partial charge in [-0.05, 0) is 36.8 Å². The summed E-state index contributed by atoms with van der Waals surface area (Å²) in [6, 6.07) is 14.9. The number of aromatic amines is 1. The molecule has 0 amide bonds. The van der Waals surface area contributed by atoms with Crippen molar-refractivity contribution in [2.45, 2.75) is 13.0 Å². The summed E-state index contributed by atoms with van der Waals surface area (Å²) in [4.78, 5) is 14.2. The zero-order chi connectivity index (χ0) is 21.4. The summed E-state index contributed by atoms with van der Waals surface area (Å²) in [7, 11) is 4.15. The normalized spacial score (nSPS) is 16.6. The highest BCUT2D eigenvalue weighted by Gasteiger charge is 2.23. The largest absolute Gasteiger partial charge is 0.377 e. The molecular weight excluding hydrogens is 388 g/mol. The molecule has 1 aliphatic rings. The van der Waals surface area contributed by atoms with Crippen LogP contribution in [0.2, 0.25) is 0 Å². The van der Waals surface area contributed by atoms with Crippen LogP contribution in [0.5, 0.6) is 0 Å². The highest BCUT2D eigenvalue weighted by molar-refractivity contribution is 6.03. The van der Waals surface area contributed by atoms with Gasteiger partial charge in [0, 0.05) is 49.7 Å². The molecule has 4 heterocycles. The minimum atomic E-state index is 0.253. The van der Waals surface area contributed by atoms with E-state index in [-0.39, 0.29) is 6.04 Å². The number of morpholine rings is 1.